The highest BCUT2D eigenvalue weighted by Crippen LogP contribution is 2.26. The van der Waals surface area contributed by atoms with Crippen LogP contribution in [0.3, 0.4) is 0 Å². The summed E-state index contributed by atoms with van der Waals surface area (Å²) in [5.41, 5.74) is 1.11. The average Bonchev–Trinajstić information content (AvgIpc) is 2.47. The van der Waals surface area contributed by atoms with E-state index in [1.807, 2.05) is 12.1 Å². The van der Waals surface area contributed by atoms with Crippen molar-refractivity contribution in [2.75, 3.05) is 13.7 Å². The Labute approximate surface area is 130 Å². The molecule has 0 aromatic heterocycles. The van der Waals surface area contributed by atoms with Gasteiger partial charge in [0.15, 0.2) is 0 Å². The van der Waals surface area contributed by atoms with Gasteiger partial charge in [0.05, 0.1) is 19.8 Å². The molecule has 1 aromatic carbocycles. The number of benzene rings is 1. The van der Waals surface area contributed by atoms with Crippen LogP contribution in [-0.2, 0) is 11.3 Å². The molecule has 2 rings (SSSR count). The molecule has 0 bridgehead atoms. The van der Waals surface area contributed by atoms with Crippen LogP contribution in [0.1, 0.15) is 38.2 Å². The third-order valence-corrected chi connectivity index (χ3v) is 4.38. The van der Waals surface area contributed by atoms with Crippen molar-refractivity contribution in [3.05, 3.63) is 28.2 Å². The average molecular weight is 342 g/mol. The lowest BCUT2D eigenvalue weighted by atomic mass is 9.93. The molecule has 20 heavy (non-hydrogen) atoms. The Balaban J connectivity index is 1.83. The molecule has 1 aromatic rings. The minimum absolute atomic E-state index is 0.383. The van der Waals surface area contributed by atoms with Gasteiger partial charge in [-0.3, -0.25) is 0 Å². The van der Waals surface area contributed by atoms with Gasteiger partial charge >= 0.3 is 0 Å². The van der Waals surface area contributed by atoms with Crippen LogP contribution >= 0.6 is 15.9 Å². The minimum Gasteiger partial charge on any atom is -0.496 e. The van der Waals surface area contributed by atoms with Crippen LogP contribution in [0.5, 0.6) is 5.75 Å². The standard InChI is InChI=1S/C16H24BrNO2/c1-3-18-14-5-7-15(8-6-14)20-11-12-10-13(17)4-9-16(12)19-2/h4,9-10,14-15,18H,3,5-8,11H2,1-2H3. The fourth-order valence-electron chi connectivity index (χ4n) is 2.79. The van der Waals surface area contributed by atoms with Crippen LogP contribution in [0.4, 0.5) is 0 Å². The number of hydrogen-bond donors (Lipinski definition) is 1. The molecule has 1 N–H and O–H groups in total. The van der Waals surface area contributed by atoms with Gasteiger partial charge < -0.3 is 14.8 Å². The lowest BCUT2D eigenvalue weighted by Gasteiger charge is -2.29. The van der Waals surface area contributed by atoms with E-state index in [9.17, 15) is 0 Å². The van der Waals surface area contributed by atoms with Gasteiger partial charge in [-0.15, -0.1) is 0 Å². The number of halogens is 1. The predicted octanol–water partition coefficient (Wildman–Crippen LogP) is 3.90. The molecule has 1 saturated carbocycles. The maximum Gasteiger partial charge on any atom is 0.124 e. The molecule has 4 heteroatoms. The van der Waals surface area contributed by atoms with Gasteiger partial charge in [-0.1, -0.05) is 22.9 Å². The molecule has 0 aliphatic heterocycles. The maximum atomic E-state index is 6.06. The molecule has 1 aliphatic rings. The van der Waals surface area contributed by atoms with E-state index in [0.717, 1.165) is 35.2 Å². The summed E-state index contributed by atoms with van der Waals surface area (Å²) in [5, 5.41) is 3.52. The van der Waals surface area contributed by atoms with Gasteiger partial charge in [0, 0.05) is 16.1 Å². The molecule has 112 valence electrons. The summed E-state index contributed by atoms with van der Waals surface area (Å²) in [6.45, 7) is 3.85. The van der Waals surface area contributed by atoms with E-state index in [4.69, 9.17) is 9.47 Å². The Morgan fingerprint density at radius 2 is 2.00 bits per heavy atom. The Bertz CT molecular complexity index is 417. The van der Waals surface area contributed by atoms with Gasteiger partial charge in [-0.2, -0.15) is 0 Å². The van der Waals surface area contributed by atoms with Crippen LogP contribution in [0.25, 0.3) is 0 Å². The van der Waals surface area contributed by atoms with Crippen LogP contribution < -0.4 is 10.1 Å². The van der Waals surface area contributed by atoms with Gasteiger partial charge in [0.2, 0.25) is 0 Å². The quantitative estimate of drug-likeness (QED) is 0.851. The number of rotatable bonds is 6. The second kappa shape index (κ2) is 8.01. The predicted molar refractivity (Wildman–Crippen MR) is 85.2 cm³/mol. The molecular weight excluding hydrogens is 318 g/mol. The smallest absolute Gasteiger partial charge is 0.124 e. The largest absolute Gasteiger partial charge is 0.496 e. The Kier molecular flexibility index (Phi) is 6.33. The minimum atomic E-state index is 0.383. The number of methoxy groups -OCH3 is 1. The van der Waals surface area contributed by atoms with E-state index in [1.165, 1.54) is 12.8 Å². The number of ether oxygens (including phenoxy) is 2. The van der Waals surface area contributed by atoms with Crippen LogP contribution in [0.2, 0.25) is 0 Å². The zero-order chi connectivity index (χ0) is 14.4. The summed E-state index contributed by atoms with van der Waals surface area (Å²) in [4.78, 5) is 0. The van der Waals surface area contributed by atoms with E-state index in [2.05, 4.69) is 34.2 Å². The molecule has 0 atom stereocenters. The topological polar surface area (TPSA) is 30.5 Å². The first-order valence-electron chi connectivity index (χ1n) is 7.40. The lowest BCUT2D eigenvalue weighted by Crippen LogP contribution is -2.35. The molecular formula is C16H24BrNO2. The van der Waals surface area contributed by atoms with Crippen molar-refractivity contribution in [1.82, 2.24) is 5.32 Å². The normalized spacial score (nSPS) is 22.8. The van der Waals surface area contributed by atoms with Crippen molar-refractivity contribution < 1.29 is 9.47 Å². The second-order valence-corrected chi connectivity index (χ2v) is 6.21. The highest BCUT2D eigenvalue weighted by atomic mass is 79.9. The van der Waals surface area contributed by atoms with Crippen molar-refractivity contribution in [2.24, 2.45) is 0 Å². The SMILES string of the molecule is CCNC1CCC(OCc2cc(Br)ccc2OC)CC1. The Morgan fingerprint density at radius 3 is 2.65 bits per heavy atom. The van der Waals surface area contributed by atoms with Crippen molar-refractivity contribution in [3.63, 3.8) is 0 Å². The third-order valence-electron chi connectivity index (χ3n) is 3.88. The van der Waals surface area contributed by atoms with Crippen LogP contribution in [-0.4, -0.2) is 25.8 Å². The van der Waals surface area contributed by atoms with Crippen molar-refractivity contribution in [1.29, 1.82) is 0 Å². The summed E-state index contributed by atoms with van der Waals surface area (Å²) in [5.74, 6) is 0.898. The van der Waals surface area contributed by atoms with E-state index in [1.54, 1.807) is 7.11 Å². The van der Waals surface area contributed by atoms with Crippen LogP contribution in [0, 0.1) is 0 Å². The van der Waals surface area contributed by atoms with Crippen molar-refractivity contribution in [2.45, 2.75) is 51.4 Å². The highest BCUT2D eigenvalue weighted by molar-refractivity contribution is 9.10. The van der Waals surface area contributed by atoms with Gasteiger partial charge in [0.1, 0.15) is 5.75 Å². The summed E-state index contributed by atoms with van der Waals surface area (Å²) >= 11 is 3.50. The third kappa shape index (κ3) is 4.47. The molecule has 1 fully saturated rings. The summed E-state index contributed by atoms with van der Waals surface area (Å²) in [6, 6.07) is 6.72. The van der Waals surface area contributed by atoms with E-state index >= 15 is 0 Å². The van der Waals surface area contributed by atoms with E-state index in [0.29, 0.717) is 18.8 Å². The van der Waals surface area contributed by atoms with Crippen LogP contribution in [0.15, 0.2) is 22.7 Å². The monoisotopic (exact) mass is 341 g/mol. The molecule has 0 amide bonds. The fourth-order valence-corrected chi connectivity index (χ4v) is 3.20. The van der Waals surface area contributed by atoms with E-state index < -0.39 is 0 Å². The van der Waals surface area contributed by atoms with Crippen molar-refractivity contribution in [3.8, 4) is 5.75 Å². The first-order chi connectivity index (χ1) is 9.72. The van der Waals surface area contributed by atoms with Gasteiger partial charge in [0.25, 0.3) is 0 Å². The Morgan fingerprint density at radius 1 is 1.25 bits per heavy atom. The zero-order valence-electron chi connectivity index (χ0n) is 12.3. The first kappa shape index (κ1) is 15.8. The van der Waals surface area contributed by atoms with Gasteiger partial charge in [-0.25, -0.2) is 0 Å². The molecule has 0 heterocycles. The fraction of sp³-hybridized carbons (Fsp3) is 0.625. The molecule has 3 nitrogen and oxygen atoms in total. The number of nitrogens with one attached hydrogen (secondary N) is 1. The summed E-state index contributed by atoms with van der Waals surface area (Å²) < 4.78 is 12.5. The first-order valence-corrected chi connectivity index (χ1v) is 8.19. The van der Waals surface area contributed by atoms with E-state index in [-0.39, 0.29) is 0 Å². The Hall–Kier alpha value is -0.580. The summed E-state index contributed by atoms with van der Waals surface area (Å²) in [6.07, 6.45) is 5.11. The molecule has 0 radical (unpaired) electrons. The summed E-state index contributed by atoms with van der Waals surface area (Å²) in [7, 11) is 1.70. The molecule has 1 aliphatic carbocycles. The highest BCUT2D eigenvalue weighted by Gasteiger charge is 2.21. The molecule has 0 spiro atoms. The lowest BCUT2D eigenvalue weighted by molar-refractivity contribution is 0.0107. The van der Waals surface area contributed by atoms with Gasteiger partial charge in [-0.05, 0) is 50.4 Å². The van der Waals surface area contributed by atoms with Crippen molar-refractivity contribution >= 4 is 15.9 Å². The number of hydrogen-bond acceptors (Lipinski definition) is 3. The maximum absolute atomic E-state index is 6.06. The molecule has 0 unspecified atom stereocenters. The zero-order valence-corrected chi connectivity index (χ0v) is 13.9. The second-order valence-electron chi connectivity index (χ2n) is 5.30. The molecule has 0 saturated heterocycles.